The topological polar surface area (TPSA) is 77.3 Å². The molecule has 1 aromatic carbocycles. The Morgan fingerprint density at radius 1 is 0.933 bits per heavy atom. The monoisotopic (exact) mass is 424 g/mol. The van der Waals surface area contributed by atoms with Gasteiger partial charge in [0.2, 0.25) is 10.0 Å². The number of piperidine rings is 1. The van der Waals surface area contributed by atoms with Crippen LogP contribution < -0.4 is 4.90 Å². The number of pyridine rings is 1. The third-order valence-electron chi connectivity index (χ3n) is 6.39. The number of anilines is 1. The number of benzene rings is 1. The number of aromatic nitrogens is 1. The van der Waals surface area contributed by atoms with Crippen LogP contribution >= 0.6 is 0 Å². The molecular formula is C23H28N4O2S. The van der Waals surface area contributed by atoms with Crippen LogP contribution in [0, 0.1) is 17.2 Å². The van der Waals surface area contributed by atoms with Crippen molar-refractivity contribution >= 4 is 15.8 Å². The third-order valence-corrected chi connectivity index (χ3v) is 8.33. The summed E-state index contributed by atoms with van der Waals surface area (Å²) in [5, 5.41) is 9.38. The van der Waals surface area contributed by atoms with Crippen molar-refractivity contribution in [2.75, 3.05) is 24.5 Å². The molecular weight excluding hydrogens is 396 g/mol. The van der Waals surface area contributed by atoms with Gasteiger partial charge in [-0.25, -0.2) is 13.4 Å². The van der Waals surface area contributed by atoms with Gasteiger partial charge in [-0.05, 0) is 55.9 Å². The van der Waals surface area contributed by atoms with Crippen LogP contribution in [0.5, 0.6) is 0 Å². The molecule has 0 radical (unpaired) electrons. The van der Waals surface area contributed by atoms with Gasteiger partial charge in [-0.1, -0.05) is 31.0 Å². The molecule has 2 fully saturated rings. The summed E-state index contributed by atoms with van der Waals surface area (Å²) in [5.41, 5.74) is 0.596. The fourth-order valence-corrected chi connectivity index (χ4v) is 6.61. The van der Waals surface area contributed by atoms with Gasteiger partial charge in [-0.15, -0.1) is 0 Å². The number of hydrogen-bond donors (Lipinski definition) is 0. The molecule has 4 rings (SSSR count). The van der Waals surface area contributed by atoms with Crippen LogP contribution in [-0.4, -0.2) is 43.4 Å². The Balaban J connectivity index is 1.53. The van der Waals surface area contributed by atoms with E-state index in [4.69, 9.17) is 0 Å². The molecule has 0 aliphatic carbocycles. The molecule has 30 heavy (non-hydrogen) atoms. The van der Waals surface area contributed by atoms with Gasteiger partial charge in [-0.2, -0.15) is 9.57 Å². The lowest BCUT2D eigenvalue weighted by molar-refractivity contribution is 0.205. The average molecular weight is 425 g/mol. The highest BCUT2D eigenvalue weighted by Crippen LogP contribution is 2.34. The van der Waals surface area contributed by atoms with Crippen LogP contribution in [0.1, 0.15) is 44.1 Å². The average Bonchev–Trinajstić information content (AvgIpc) is 3.06. The first-order chi connectivity index (χ1) is 14.6. The van der Waals surface area contributed by atoms with Crippen LogP contribution in [0.3, 0.4) is 0 Å². The maximum Gasteiger partial charge on any atom is 0.243 e. The molecule has 158 valence electrons. The fraction of sp³-hybridized carbons (Fsp3) is 0.478. The van der Waals surface area contributed by atoms with E-state index in [0.29, 0.717) is 22.9 Å². The Morgan fingerprint density at radius 2 is 1.70 bits per heavy atom. The Hall–Kier alpha value is -2.43. The molecule has 7 heteroatoms. The standard InChI is InChI=1S/C23H28N4O2S/c24-18-20-8-7-14-25-23(20)26-16-12-19(13-17-26)22-11-5-2-6-15-27(22)30(28,29)21-9-3-1-4-10-21/h1,3-4,7-10,14,19,22H,2,5-6,11-13,15-17H2/t22-/m0/s1. The molecule has 0 bridgehead atoms. The third kappa shape index (κ3) is 4.21. The summed E-state index contributed by atoms with van der Waals surface area (Å²) in [6, 6.07) is 14.7. The van der Waals surface area contributed by atoms with Gasteiger partial charge < -0.3 is 4.90 Å². The van der Waals surface area contributed by atoms with E-state index in [0.717, 1.165) is 57.4 Å². The van der Waals surface area contributed by atoms with Crippen LogP contribution in [0.2, 0.25) is 0 Å². The minimum atomic E-state index is -3.50. The van der Waals surface area contributed by atoms with Crippen molar-refractivity contribution in [1.82, 2.24) is 9.29 Å². The Morgan fingerprint density at radius 3 is 2.43 bits per heavy atom. The van der Waals surface area contributed by atoms with Crippen molar-refractivity contribution in [2.45, 2.75) is 49.5 Å². The maximum atomic E-state index is 13.4. The molecule has 0 amide bonds. The van der Waals surface area contributed by atoms with Gasteiger partial charge in [0, 0.05) is 31.9 Å². The van der Waals surface area contributed by atoms with E-state index in [1.165, 1.54) is 0 Å². The fourth-order valence-electron chi connectivity index (χ4n) is 4.84. The maximum absolute atomic E-state index is 13.4. The molecule has 2 aliphatic rings. The zero-order valence-corrected chi connectivity index (χ0v) is 18.0. The Kier molecular flexibility index (Phi) is 6.35. The second kappa shape index (κ2) is 9.15. The largest absolute Gasteiger partial charge is 0.356 e. The zero-order valence-electron chi connectivity index (χ0n) is 17.2. The highest BCUT2D eigenvalue weighted by atomic mass is 32.2. The molecule has 6 nitrogen and oxygen atoms in total. The normalized spacial score (nSPS) is 21.7. The van der Waals surface area contributed by atoms with E-state index in [9.17, 15) is 13.7 Å². The van der Waals surface area contributed by atoms with Crippen molar-refractivity contribution in [3.63, 3.8) is 0 Å². The highest BCUT2D eigenvalue weighted by Gasteiger charge is 2.38. The molecule has 0 unspecified atom stereocenters. The van der Waals surface area contributed by atoms with E-state index < -0.39 is 10.0 Å². The van der Waals surface area contributed by atoms with Crippen LogP contribution in [0.15, 0.2) is 53.6 Å². The quantitative estimate of drug-likeness (QED) is 0.746. The first kappa shape index (κ1) is 20.8. The molecule has 1 aromatic heterocycles. The highest BCUT2D eigenvalue weighted by molar-refractivity contribution is 7.89. The first-order valence-electron chi connectivity index (χ1n) is 10.8. The number of nitriles is 1. The van der Waals surface area contributed by atoms with Crippen molar-refractivity contribution in [3.8, 4) is 6.07 Å². The van der Waals surface area contributed by atoms with E-state index in [1.54, 1.807) is 46.9 Å². The molecule has 0 saturated carbocycles. The molecule has 3 heterocycles. The molecule has 2 aliphatic heterocycles. The predicted octanol–water partition coefficient (Wildman–Crippen LogP) is 3.80. The predicted molar refractivity (Wildman–Crippen MR) is 116 cm³/mol. The van der Waals surface area contributed by atoms with E-state index in [-0.39, 0.29) is 6.04 Å². The van der Waals surface area contributed by atoms with Crippen molar-refractivity contribution in [2.24, 2.45) is 5.92 Å². The lowest BCUT2D eigenvalue weighted by atomic mass is 9.87. The number of rotatable bonds is 4. The van der Waals surface area contributed by atoms with Crippen LogP contribution in [0.4, 0.5) is 5.82 Å². The minimum absolute atomic E-state index is 0.0408. The van der Waals surface area contributed by atoms with Gasteiger partial charge in [0.05, 0.1) is 10.5 Å². The second-order valence-electron chi connectivity index (χ2n) is 8.16. The van der Waals surface area contributed by atoms with E-state index in [1.807, 2.05) is 6.07 Å². The number of nitrogens with zero attached hydrogens (tertiary/aromatic N) is 4. The first-order valence-corrected chi connectivity index (χ1v) is 12.2. The number of hydrogen-bond acceptors (Lipinski definition) is 5. The molecule has 2 aromatic rings. The van der Waals surface area contributed by atoms with Gasteiger partial charge in [0.15, 0.2) is 0 Å². The minimum Gasteiger partial charge on any atom is -0.356 e. The second-order valence-corrected chi connectivity index (χ2v) is 10.0. The Labute approximate surface area is 179 Å². The van der Waals surface area contributed by atoms with E-state index >= 15 is 0 Å². The summed E-state index contributed by atoms with van der Waals surface area (Å²) in [7, 11) is -3.50. The van der Waals surface area contributed by atoms with Crippen molar-refractivity contribution in [1.29, 1.82) is 5.26 Å². The molecule has 2 saturated heterocycles. The molecule has 1 atom stereocenters. The van der Waals surface area contributed by atoms with E-state index in [2.05, 4.69) is 16.0 Å². The Bertz CT molecular complexity index is 995. The zero-order chi connectivity index (χ0) is 21.0. The van der Waals surface area contributed by atoms with Crippen molar-refractivity contribution in [3.05, 3.63) is 54.2 Å². The van der Waals surface area contributed by atoms with Crippen LogP contribution in [-0.2, 0) is 10.0 Å². The van der Waals surface area contributed by atoms with Gasteiger partial charge in [0.1, 0.15) is 11.9 Å². The van der Waals surface area contributed by atoms with Gasteiger partial charge >= 0.3 is 0 Å². The smallest absolute Gasteiger partial charge is 0.243 e. The van der Waals surface area contributed by atoms with Gasteiger partial charge in [-0.3, -0.25) is 0 Å². The number of sulfonamides is 1. The summed E-state index contributed by atoms with van der Waals surface area (Å²) < 4.78 is 28.7. The van der Waals surface area contributed by atoms with Crippen molar-refractivity contribution < 1.29 is 8.42 Å². The molecule has 0 N–H and O–H groups in total. The van der Waals surface area contributed by atoms with Gasteiger partial charge in [0.25, 0.3) is 0 Å². The summed E-state index contributed by atoms with van der Waals surface area (Å²) in [6.45, 7) is 2.19. The summed E-state index contributed by atoms with van der Waals surface area (Å²) in [6.07, 6.45) is 7.53. The lowest BCUT2D eigenvalue weighted by Gasteiger charge is -2.40. The van der Waals surface area contributed by atoms with Crippen LogP contribution in [0.25, 0.3) is 0 Å². The molecule has 0 spiro atoms. The summed E-state index contributed by atoms with van der Waals surface area (Å²) in [4.78, 5) is 6.98. The SMILES string of the molecule is N#Cc1cccnc1N1CCC([C@@H]2CCCCCN2S(=O)(=O)c2ccccc2)CC1. The summed E-state index contributed by atoms with van der Waals surface area (Å²) >= 11 is 0. The summed E-state index contributed by atoms with van der Waals surface area (Å²) in [5.74, 6) is 1.07. The lowest BCUT2D eigenvalue weighted by Crippen LogP contribution is -2.48.